The molecule has 0 radical (unpaired) electrons. The van der Waals surface area contributed by atoms with Gasteiger partial charge in [-0.25, -0.2) is 4.79 Å². The summed E-state index contributed by atoms with van der Waals surface area (Å²) < 4.78 is 38.6. The molecule has 0 fully saturated rings. The fourth-order valence-corrected chi connectivity index (χ4v) is 1.71. The first-order valence-electron chi connectivity index (χ1n) is 5.43. The first-order chi connectivity index (χ1) is 9.30. The van der Waals surface area contributed by atoms with E-state index < -0.39 is 23.3 Å². The molecule has 0 aliphatic carbocycles. The van der Waals surface area contributed by atoms with Crippen molar-refractivity contribution < 1.29 is 23.1 Å². The molecule has 1 heterocycles. The number of hydrogen-bond acceptors (Lipinski definition) is 2. The third-order valence-electron chi connectivity index (χ3n) is 2.63. The highest BCUT2D eigenvalue weighted by atomic mass is 19.4. The molecule has 104 valence electrons. The van der Waals surface area contributed by atoms with E-state index in [1.165, 1.54) is 24.3 Å². The van der Waals surface area contributed by atoms with Crippen molar-refractivity contribution in [3.05, 3.63) is 64.1 Å². The standard InChI is InChI=1S/C13H8F3NO3/c14-13(15,16)8-5-6-11(18)17(7-8)10-4-2-1-3-9(10)12(19)20/h1-7H,(H,19,20). The van der Waals surface area contributed by atoms with Crippen molar-refractivity contribution in [1.29, 1.82) is 0 Å². The zero-order valence-corrected chi connectivity index (χ0v) is 9.89. The first kappa shape index (κ1) is 13.9. The van der Waals surface area contributed by atoms with Crippen molar-refractivity contribution in [2.24, 2.45) is 0 Å². The van der Waals surface area contributed by atoms with Crippen LogP contribution in [0.15, 0.2) is 47.4 Å². The maximum Gasteiger partial charge on any atom is 0.417 e. The highest BCUT2D eigenvalue weighted by molar-refractivity contribution is 5.91. The number of nitrogens with zero attached hydrogens (tertiary/aromatic N) is 1. The molecule has 0 aliphatic rings. The van der Waals surface area contributed by atoms with Crippen LogP contribution in [0.25, 0.3) is 5.69 Å². The summed E-state index contributed by atoms with van der Waals surface area (Å²) in [5.74, 6) is -1.33. The van der Waals surface area contributed by atoms with E-state index in [0.717, 1.165) is 6.07 Å². The summed E-state index contributed by atoms with van der Waals surface area (Å²) in [6.07, 6.45) is -4.03. The number of alkyl halides is 3. The molecule has 1 aromatic carbocycles. The van der Waals surface area contributed by atoms with Gasteiger partial charge in [-0.2, -0.15) is 13.2 Å². The second-order valence-electron chi connectivity index (χ2n) is 3.95. The Balaban J connectivity index is 2.70. The molecule has 0 amide bonds. The van der Waals surface area contributed by atoms with Crippen LogP contribution in [0.1, 0.15) is 15.9 Å². The van der Waals surface area contributed by atoms with E-state index in [1.807, 2.05) is 0 Å². The molecule has 20 heavy (non-hydrogen) atoms. The minimum Gasteiger partial charge on any atom is -0.478 e. The molecular formula is C13H8F3NO3. The van der Waals surface area contributed by atoms with Gasteiger partial charge in [0.15, 0.2) is 0 Å². The molecule has 0 spiro atoms. The van der Waals surface area contributed by atoms with E-state index in [-0.39, 0.29) is 11.3 Å². The molecule has 2 rings (SSSR count). The SMILES string of the molecule is O=C(O)c1ccccc1-n1cc(C(F)(F)F)ccc1=O. The van der Waals surface area contributed by atoms with Crippen molar-refractivity contribution in [3.63, 3.8) is 0 Å². The number of hydrogen-bond donors (Lipinski definition) is 1. The average Bonchev–Trinajstić information content (AvgIpc) is 2.38. The molecule has 0 aliphatic heterocycles. The molecular weight excluding hydrogens is 275 g/mol. The molecule has 4 nitrogen and oxygen atoms in total. The van der Waals surface area contributed by atoms with Crippen molar-refractivity contribution >= 4 is 5.97 Å². The van der Waals surface area contributed by atoms with Crippen molar-refractivity contribution in [1.82, 2.24) is 4.57 Å². The van der Waals surface area contributed by atoms with Crippen LogP contribution in [0, 0.1) is 0 Å². The summed E-state index contributed by atoms with van der Waals surface area (Å²) in [6, 6.07) is 6.75. The second kappa shape index (κ2) is 4.84. The van der Waals surface area contributed by atoms with E-state index in [0.29, 0.717) is 16.8 Å². The van der Waals surface area contributed by atoms with E-state index >= 15 is 0 Å². The number of pyridine rings is 1. The lowest BCUT2D eigenvalue weighted by Crippen LogP contribution is -2.21. The summed E-state index contributed by atoms with van der Waals surface area (Å²) in [7, 11) is 0. The first-order valence-corrected chi connectivity index (χ1v) is 5.43. The predicted molar refractivity (Wildman–Crippen MR) is 64.0 cm³/mol. The van der Waals surface area contributed by atoms with Gasteiger partial charge in [0.1, 0.15) is 0 Å². The van der Waals surface area contributed by atoms with Crippen molar-refractivity contribution in [2.75, 3.05) is 0 Å². The quantitative estimate of drug-likeness (QED) is 0.921. The Bertz CT molecular complexity index is 719. The minimum atomic E-state index is -4.62. The topological polar surface area (TPSA) is 59.3 Å². The highest BCUT2D eigenvalue weighted by Crippen LogP contribution is 2.28. The van der Waals surface area contributed by atoms with Gasteiger partial charge < -0.3 is 5.11 Å². The molecule has 0 saturated heterocycles. The van der Waals surface area contributed by atoms with Crippen LogP contribution in [-0.2, 0) is 6.18 Å². The largest absolute Gasteiger partial charge is 0.478 e. The van der Waals surface area contributed by atoms with E-state index in [2.05, 4.69) is 0 Å². The van der Waals surface area contributed by atoms with Gasteiger partial charge in [-0.05, 0) is 18.2 Å². The number of carboxylic acids is 1. The fraction of sp³-hybridized carbons (Fsp3) is 0.0769. The lowest BCUT2D eigenvalue weighted by Gasteiger charge is -2.12. The number of para-hydroxylation sites is 1. The second-order valence-corrected chi connectivity index (χ2v) is 3.95. The van der Waals surface area contributed by atoms with Gasteiger partial charge in [-0.15, -0.1) is 0 Å². The van der Waals surface area contributed by atoms with E-state index in [1.54, 1.807) is 0 Å². The zero-order chi connectivity index (χ0) is 14.9. The molecule has 7 heteroatoms. The van der Waals surface area contributed by atoms with Crippen LogP contribution in [0.5, 0.6) is 0 Å². The Labute approximate surface area is 110 Å². The van der Waals surface area contributed by atoms with Crippen LogP contribution in [0.2, 0.25) is 0 Å². The summed E-state index contributed by atoms with van der Waals surface area (Å²) in [5.41, 5.74) is -2.14. The third kappa shape index (κ3) is 2.56. The molecule has 1 aromatic heterocycles. The minimum absolute atomic E-state index is 0.115. The maximum absolute atomic E-state index is 12.6. The molecule has 0 saturated carbocycles. The van der Waals surface area contributed by atoms with Crippen molar-refractivity contribution in [2.45, 2.75) is 6.18 Å². The smallest absolute Gasteiger partial charge is 0.417 e. The van der Waals surface area contributed by atoms with Crippen LogP contribution >= 0.6 is 0 Å². The molecule has 2 aromatic rings. The molecule has 1 N–H and O–H groups in total. The highest BCUT2D eigenvalue weighted by Gasteiger charge is 2.31. The van der Waals surface area contributed by atoms with Gasteiger partial charge in [-0.3, -0.25) is 9.36 Å². The van der Waals surface area contributed by atoms with Crippen LogP contribution < -0.4 is 5.56 Å². The number of aromatic nitrogens is 1. The lowest BCUT2D eigenvalue weighted by atomic mass is 10.1. The summed E-state index contributed by atoms with van der Waals surface area (Å²) >= 11 is 0. The Morgan fingerprint density at radius 3 is 2.35 bits per heavy atom. The Hall–Kier alpha value is -2.57. The van der Waals surface area contributed by atoms with Gasteiger partial charge in [0.05, 0.1) is 16.8 Å². The van der Waals surface area contributed by atoms with Gasteiger partial charge in [0.25, 0.3) is 5.56 Å². The van der Waals surface area contributed by atoms with Gasteiger partial charge in [-0.1, -0.05) is 12.1 Å². The van der Waals surface area contributed by atoms with Gasteiger partial charge >= 0.3 is 12.1 Å². The number of aromatic carboxylic acids is 1. The number of carbonyl (C=O) groups is 1. The summed E-state index contributed by atoms with van der Waals surface area (Å²) in [4.78, 5) is 22.7. The Kier molecular flexibility index (Phi) is 3.35. The Morgan fingerprint density at radius 1 is 1.10 bits per heavy atom. The summed E-state index contributed by atoms with van der Waals surface area (Å²) in [6.45, 7) is 0. The van der Waals surface area contributed by atoms with Crippen molar-refractivity contribution in [3.8, 4) is 5.69 Å². The number of carboxylic acid groups (broad SMARTS) is 1. The van der Waals surface area contributed by atoms with Gasteiger partial charge in [0, 0.05) is 12.3 Å². The van der Waals surface area contributed by atoms with Crippen LogP contribution in [0.4, 0.5) is 13.2 Å². The van der Waals surface area contributed by atoms with E-state index in [4.69, 9.17) is 5.11 Å². The number of rotatable bonds is 2. The monoisotopic (exact) mass is 283 g/mol. The number of benzene rings is 1. The molecule has 0 atom stereocenters. The normalized spacial score (nSPS) is 11.3. The predicted octanol–water partition coefficient (Wildman–Crippen LogP) is 2.55. The lowest BCUT2D eigenvalue weighted by molar-refractivity contribution is -0.138. The van der Waals surface area contributed by atoms with Crippen LogP contribution in [0.3, 0.4) is 0 Å². The third-order valence-corrected chi connectivity index (χ3v) is 2.63. The average molecular weight is 283 g/mol. The van der Waals surface area contributed by atoms with E-state index in [9.17, 15) is 22.8 Å². The fourth-order valence-electron chi connectivity index (χ4n) is 1.71. The number of halogens is 3. The zero-order valence-electron chi connectivity index (χ0n) is 9.89. The maximum atomic E-state index is 12.6. The Morgan fingerprint density at radius 2 is 1.75 bits per heavy atom. The van der Waals surface area contributed by atoms with Crippen LogP contribution in [-0.4, -0.2) is 15.6 Å². The van der Waals surface area contributed by atoms with Gasteiger partial charge in [0.2, 0.25) is 0 Å². The molecule has 0 bridgehead atoms. The molecule has 0 unspecified atom stereocenters. The summed E-state index contributed by atoms with van der Waals surface area (Å²) in [5, 5.41) is 9.01.